The predicted octanol–water partition coefficient (Wildman–Crippen LogP) is 3.42. The molecule has 0 spiro atoms. The van der Waals surface area contributed by atoms with Gasteiger partial charge in [-0.05, 0) is 23.3 Å². The Morgan fingerprint density at radius 1 is 1.00 bits per heavy atom. The van der Waals surface area contributed by atoms with Gasteiger partial charge in [-0.1, -0.05) is 49.0 Å². The summed E-state index contributed by atoms with van der Waals surface area (Å²) in [5, 5.41) is 9.19. The Kier molecular flexibility index (Phi) is 3.57. The third kappa shape index (κ3) is 2.45. The molecule has 1 N–H and O–H groups in total. The maximum atomic E-state index is 12.0. The second kappa shape index (κ2) is 5.31. The standard InChI is InChI=1S/C16H12O3/c1-2-14(17)15-12(11-7-4-3-5-8-11)9-6-10-13(15)16(18)19/h2-10H,1H2,(H,18,19). The van der Waals surface area contributed by atoms with E-state index in [0.717, 1.165) is 11.6 Å². The lowest BCUT2D eigenvalue weighted by molar-refractivity contribution is 0.0693. The molecular weight excluding hydrogens is 240 g/mol. The summed E-state index contributed by atoms with van der Waals surface area (Å²) < 4.78 is 0. The fourth-order valence-corrected chi connectivity index (χ4v) is 1.96. The average Bonchev–Trinajstić information content (AvgIpc) is 2.46. The molecular formula is C16H12O3. The van der Waals surface area contributed by atoms with Crippen molar-refractivity contribution in [1.29, 1.82) is 0 Å². The van der Waals surface area contributed by atoms with E-state index in [1.54, 1.807) is 12.1 Å². The quantitative estimate of drug-likeness (QED) is 0.670. The van der Waals surface area contributed by atoms with Crippen molar-refractivity contribution in [2.24, 2.45) is 0 Å². The van der Waals surface area contributed by atoms with E-state index in [0.29, 0.717) is 5.56 Å². The zero-order chi connectivity index (χ0) is 13.8. The maximum absolute atomic E-state index is 12.0. The molecule has 0 aliphatic rings. The van der Waals surface area contributed by atoms with Crippen LogP contribution in [0.25, 0.3) is 11.1 Å². The minimum absolute atomic E-state index is 0.00810. The Bertz CT molecular complexity index is 642. The van der Waals surface area contributed by atoms with E-state index < -0.39 is 11.8 Å². The molecule has 0 saturated heterocycles. The van der Waals surface area contributed by atoms with Crippen molar-refractivity contribution in [1.82, 2.24) is 0 Å². The van der Waals surface area contributed by atoms with Crippen LogP contribution in [0, 0.1) is 0 Å². The molecule has 2 rings (SSSR count). The van der Waals surface area contributed by atoms with Gasteiger partial charge < -0.3 is 5.11 Å². The lowest BCUT2D eigenvalue weighted by atomic mass is 9.92. The molecule has 0 radical (unpaired) electrons. The van der Waals surface area contributed by atoms with Crippen LogP contribution in [0.2, 0.25) is 0 Å². The van der Waals surface area contributed by atoms with Crippen molar-refractivity contribution < 1.29 is 14.7 Å². The first-order valence-electron chi connectivity index (χ1n) is 5.73. The Labute approximate surface area is 110 Å². The molecule has 0 saturated carbocycles. The summed E-state index contributed by atoms with van der Waals surface area (Å²) >= 11 is 0. The van der Waals surface area contributed by atoms with Gasteiger partial charge in [-0.15, -0.1) is 0 Å². The zero-order valence-corrected chi connectivity index (χ0v) is 10.2. The first-order chi connectivity index (χ1) is 9.15. The van der Waals surface area contributed by atoms with E-state index in [-0.39, 0.29) is 11.1 Å². The Morgan fingerprint density at radius 3 is 2.26 bits per heavy atom. The van der Waals surface area contributed by atoms with E-state index in [1.807, 2.05) is 30.3 Å². The second-order valence-electron chi connectivity index (χ2n) is 3.97. The van der Waals surface area contributed by atoms with Crippen LogP contribution in [0.5, 0.6) is 0 Å². The minimum Gasteiger partial charge on any atom is -0.478 e. The van der Waals surface area contributed by atoms with Gasteiger partial charge >= 0.3 is 5.97 Å². The predicted molar refractivity (Wildman–Crippen MR) is 73.4 cm³/mol. The van der Waals surface area contributed by atoms with Gasteiger partial charge in [0.15, 0.2) is 5.78 Å². The smallest absolute Gasteiger partial charge is 0.336 e. The molecule has 0 aliphatic carbocycles. The number of carbonyl (C=O) groups is 2. The van der Waals surface area contributed by atoms with Gasteiger partial charge in [0.25, 0.3) is 0 Å². The molecule has 94 valence electrons. The van der Waals surface area contributed by atoms with Crippen LogP contribution >= 0.6 is 0 Å². The van der Waals surface area contributed by atoms with Crippen molar-refractivity contribution in [2.45, 2.75) is 0 Å². The fraction of sp³-hybridized carbons (Fsp3) is 0. The molecule has 2 aromatic carbocycles. The third-order valence-corrected chi connectivity index (χ3v) is 2.81. The SMILES string of the molecule is C=CC(=O)c1c(C(=O)O)cccc1-c1ccccc1. The summed E-state index contributed by atoms with van der Waals surface area (Å²) in [6.07, 6.45) is 1.13. The molecule has 0 atom stereocenters. The van der Waals surface area contributed by atoms with Crippen molar-refractivity contribution >= 4 is 11.8 Å². The molecule has 19 heavy (non-hydrogen) atoms. The third-order valence-electron chi connectivity index (χ3n) is 2.81. The zero-order valence-electron chi connectivity index (χ0n) is 10.2. The van der Waals surface area contributed by atoms with Gasteiger partial charge in [0, 0.05) is 5.56 Å². The Morgan fingerprint density at radius 2 is 1.68 bits per heavy atom. The van der Waals surface area contributed by atoms with E-state index in [9.17, 15) is 14.7 Å². The van der Waals surface area contributed by atoms with Crippen LogP contribution in [-0.4, -0.2) is 16.9 Å². The number of ketones is 1. The lowest BCUT2D eigenvalue weighted by Gasteiger charge is -2.10. The Balaban J connectivity index is 2.74. The number of allylic oxidation sites excluding steroid dienone is 1. The molecule has 2 aromatic rings. The topological polar surface area (TPSA) is 54.4 Å². The molecule has 0 unspecified atom stereocenters. The maximum Gasteiger partial charge on any atom is 0.336 e. The molecule has 3 heteroatoms. The van der Waals surface area contributed by atoms with Gasteiger partial charge in [-0.25, -0.2) is 4.79 Å². The van der Waals surface area contributed by atoms with E-state index >= 15 is 0 Å². The summed E-state index contributed by atoms with van der Waals surface area (Å²) in [6, 6.07) is 14.0. The summed E-state index contributed by atoms with van der Waals surface area (Å²) in [7, 11) is 0. The van der Waals surface area contributed by atoms with Crippen LogP contribution in [0.1, 0.15) is 20.7 Å². The highest BCUT2D eigenvalue weighted by atomic mass is 16.4. The van der Waals surface area contributed by atoms with Crippen molar-refractivity contribution in [3.05, 3.63) is 72.3 Å². The summed E-state index contributed by atoms with van der Waals surface area (Å²) in [4.78, 5) is 23.2. The van der Waals surface area contributed by atoms with E-state index in [4.69, 9.17) is 0 Å². The number of hydrogen-bond donors (Lipinski definition) is 1. The van der Waals surface area contributed by atoms with Crippen molar-refractivity contribution in [2.75, 3.05) is 0 Å². The largest absolute Gasteiger partial charge is 0.478 e. The highest BCUT2D eigenvalue weighted by Crippen LogP contribution is 2.27. The Hall–Kier alpha value is -2.68. The van der Waals surface area contributed by atoms with Crippen molar-refractivity contribution in [3.8, 4) is 11.1 Å². The number of aromatic carboxylic acids is 1. The monoisotopic (exact) mass is 252 g/mol. The first-order valence-corrected chi connectivity index (χ1v) is 5.73. The highest BCUT2D eigenvalue weighted by Gasteiger charge is 2.19. The molecule has 0 heterocycles. The lowest BCUT2D eigenvalue weighted by Crippen LogP contribution is -2.08. The molecule has 3 nitrogen and oxygen atoms in total. The minimum atomic E-state index is -1.12. The van der Waals surface area contributed by atoms with Gasteiger partial charge in [0.1, 0.15) is 0 Å². The van der Waals surface area contributed by atoms with Gasteiger partial charge in [-0.3, -0.25) is 4.79 Å². The number of rotatable bonds is 4. The molecule has 0 amide bonds. The number of carboxylic acid groups (broad SMARTS) is 1. The summed E-state index contributed by atoms with van der Waals surface area (Å²) in [6.45, 7) is 3.43. The molecule has 0 aromatic heterocycles. The van der Waals surface area contributed by atoms with Crippen LogP contribution < -0.4 is 0 Å². The van der Waals surface area contributed by atoms with E-state index in [1.165, 1.54) is 6.07 Å². The fourth-order valence-electron chi connectivity index (χ4n) is 1.96. The van der Waals surface area contributed by atoms with Crippen molar-refractivity contribution in [3.63, 3.8) is 0 Å². The number of carboxylic acids is 1. The molecule has 0 fully saturated rings. The van der Waals surface area contributed by atoms with Crippen LogP contribution in [0.4, 0.5) is 0 Å². The van der Waals surface area contributed by atoms with Gasteiger partial charge in [0.2, 0.25) is 0 Å². The average molecular weight is 252 g/mol. The molecule has 0 bridgehead atoms. The van der Waals surface area contributed by atoms with Crippen LogP contribution in [-0.2, 0) is 0 Å². The van der Waals surface area contributed by atoms with Crippen LogP contribution in [0.15, 0.2) is 61.2 Å². The molecule has 0 aliphatic heterocycles. The van der Waals surface area contributed by atoms with Crippen LogP contribution in [0.3, 0.4) is 0 Å². The normalized spacial score (nSPS) is 9.89. The number of carbonyl (C=O) groups excluding carboxylic acids is 1. The highest BCUT2D eigenvalue weighted by molar-refractivity contribution is 6.14. The summed E-state index contributed by atoms with van der Waals surface area (Å²) in [5.74, 6) is -1.51. The number of hydrogen-bond acceptors (Lipinski definition) is 2. The first kappa shape index (κ1) is 12.8. The number of benzene rings is 2. The van der Waals surface area contributed by atoms with E-state index in [2.05, 4.69) is 6.58 Å². The second-order valence-corrected chi connectivity index (χ2v) is 3.97. The van der Waals surface area contributed by atoms with Gasteiger partial charge in [-0.2, -0.15) is 0 Å². The van der Waals surface area contributed by atoms with Gasteiger partial charge in [0.05, 0.1) is 5.56 Å². The summed E-state index contributed by atoms with van der Waals surface area (Å²) in [5.41, 5.74) is 1.57.